The molecule has 0 aromatic heterocycles. The number of anilines is 1. The van der Waals surface area contributed by atoms with Crippen LogP contribution in [0.15, 0.2) is 23.1 Å². The van der Waals surface area contributed by atoms with E-state index in [2.05, 4.69) is 0 Å². The van der Waals surface area contributed by atoms with Gasteiger partial charge < -0.3 is 5.11 Å². The Kier molecular flexibility index (Phi) is 4.25. The maximum absolute atomic E-state index is 12.4. The van der Waals surface area contributed by atoms with Gasteiger partial charge in [0.2, 0.25) is 0 Å². The smallest absolute Gasteiger partial charge is 0.446 e. The monoisotopic (exact) mass is 366 g/mol. The van der Waals surface area contributed by atoms with Gasteiger partial charge in [0.25, 0.3) is 10.0 Å². The molecule has 2 N–H and O–H groups in total. The van der Waals surface area contributed by atoms with Gasteiger partial charge in [0, 0.05) is 4.90 Å². The predicted octanol–water partition coefficient (Wildman–Crippen LogP) is 2.79. The van der Waals surface area contributed by atoms with Crippen molar-refractivity contribution in [3.8, 4) is 6.07 Å². The van der Waals surface area contributed by atoms with Gasteiger partial charge in [0.05, 0.1) is 17.3 Å². The maximum atomic E-state index is 12.4. The SMILES string of the molecule is N#CC1(S(=O)(=O)Nc2cc(SC(F)(F)F)ccc2C(=O)O)CC1. The second kappa shape index (κ2) is 5.61. The third kappa shape index (κ3) is 3.70. The highest BCUT2D eigenvalue weighted by Crippen LogP contribution is 2.44. The molecular formula is C12H9F3N2O4S2. The zero-order valence-corrected chi connectivity index (χ0v) is 12.8. The van der Waals surface area contributed by atoms with Gasteiger partial charge in [-0.15, -0.1) is 0 Å². The quantitative estimate of drug-likeness (QED) is 0.776. The van der Waals surface area contributed by atoms with E-state index in [0.717, 1.165) is 18.2 Å². The number of hydrogen-bond acceptors (Lipinski definition) is 5. The molecule has 1 saturated carbocycles. The third-order valence-corrected chi connectivity index (χ3v) is 5.86. The molecule has 1 aliphatic carbocycles. The Morgan fingerprint density at radius 2 is 2.00 bits per heavy atom. The van der Waals surface area contributed by atoms with E-state index in [-0.39, 0.29) is 17.7 Å². The van der Waals surface area contributed by atoms with E-state index in [1.54, 1.807) is 6.07 Å². The van der Waals surface area contributed by atoms with Crippen molar-refractivity contribution in [3.05, 3.63) is 23.8 Å². The number of nitrogens with zero attached hydrogens (tertiary/aromatic N) is 1. The number of rotatable bonds is 5. The molecule has 0 radical (unpaired) electrons. The van der Waals surface area contributed by atoms with Crippen LogP contribution in [-0.2, 0) is 10.0 Å². The van der Waals surface area contributed by atoms with E-state index >= 15 is 0 Å². The molecule has 6 nitrogen and oxygen atoms in total. The minimum Gasteiger partial charge on any atom is -0.478 e. The first-order chi connectivity index (χ1) is 10.5. The number of benzene rings is 1. The van der Waals surface area contributed by atoms with Crippen molar-refractivity contribution >= 4 is 33.4 Å². The van der Waals surface area contributed by atoms with Gasteiger partial charge in [-0.05, 0) is 42.8 Å². The molecule has 0 amide bonds. The number of hydrogen-bond donors (Lipinski definition) is 2. The summed E-state index contributed by atoms with van der Waals surface area (Å²) in [5, 5.41) is 18.0. The van der Waals surface area contributed by atoms with E-state index in [1.807, 2.05) is 4.72 Å². The lowest BCUT2D eigenvalue weighted by atomic mass is 10.2. The molecule has 2 rings (SSSR count). The molecule has 1 aliphatic rings. The van der Waals surface area contributed by atoms with Crippen molar-refractivity contribution in [1.82, 2.24) is 0 Å². The fourth-order valence-electron chi connectivity index (χ4n) is 1.79. The first-order valence-electron chi connectivity index (χ1n) is 6.06. The van der Waals surface area contributed by atoms with E-state index in [0.29, 0.717) is 0 Å². The highest BCUT2D eigenvalue weighted by Gasteiger charge is 2.56. The molecule has 0 heterocycles. The van der Waals surface area contributed by atoms with Gasteiger partial charge in [-0.25, -0.2) is 13.2 Å². The highest BCUT2D eigenvalue weighted by atomic mass is 32.2. The summed E-state index contributed by atoms with van der Waals surface area (Å²) in [6.45, 7) is 0. The zero-order valence-electron chi connectivity index (χ0n) is 11.2. The summed E-state index contributed by atoms with van der Waals surface area (Å²) in [6, 6.07) is 4.22. The number of carboxylic acids is 1. The molecule has 0 saturated heterocycles. The fraction of sp³-hybridized carbons (Fsp3) is 0.333. The van der Waals surface area contributed by atoms with Crippen LogP contribution in [0, 0.1) is 11.3 Å². The van der Waals surface area contributed by atoms with Gasteiger partial charge >= 0.3 is 11.5 Å². The molecular weight excluding hydrogens is 357 g/mol. The number of aromatic carboxylic acids is 1. The number of sulfonamides is 1. The average Bonchev–Trinajstić information content (AvgIpc) is 3.17. The van der Waals surface area contributed by atoms with Gasteiger partial charge in [-0.3, -0.25) is 4.72 Å². The summed E-state index contributed by atoms with van der Waals surface area (Å²) in [7, 11) is -4.23. The molecule has 1 fully saturated rings. The number of alkyl halides is 3. The van der Waals surface area contributed by atoms with Gasteiger partial charge in [0.15, 0.2) is 4.75 Å². The lowest BCUT2D eigenvalue weighted by molar-refractivity contribution is -0.0328. The molecule has 0 spiro atoms. The number of carboxylic acid groups (broad SMARTS) is 1. The van der Waals surface area contributed by atoms with E-state index in [4.69, 9.17) is 10.4 Å². The summed E-state index contributed by atoms with van der Waals surface area (Å²) < 4.78 is 61.7. The Bertz CT molecular complexity index is 796. The van der Waals surface area contributed by atoms with Crippen LogP contribution in [0.25, 0.3) is 0 Å². The topological polar surface area (TPSA) is 107 Å². The second-order valence-corrected chi connectivity index (χ2v) is 7.90. The number of carbonyl (C=O) groups is 1. The van der Waals surface area contributed by atoms with E-state index < -0.39 is 49.3 Å². The largest absolute Gasteiger partial charge is 0.478 e. The van der Waals surface area contributed by atoms with Crippen LogP contribution in [0.4, 0.5) is 18.9 Å². The lowest BCUT2D eigenvalue weighted by Crippen LogP contribution is -2.29. The Morgan fingerprint density at radius 1 is 1.39 bits per heavy atom. The van der Waals surface area contributed by atoms with Gasteiger partial charge in [-0.1, -0.05) is 0 Å². The van der Waals surface area contributed by atoms with Crippen LogP contribution in [0.2, 0.25) is 0 Å². The number of halogens is 3. The molecule has 0 atom stereocenters. The molecule has 1 aromatic rings. The molecule has 0 aliphatic heterocycles. The predicted molar refractivity (Wildman–Crippen MR) is 75.4 cm³/mol. The minimum atomic E-state index is -4.61. The van der Waals surface area contributed by atoms with Crippen LogP contribution in [0.1, 0.15) is 23.2 Å². The fourth-order valence-corrected chi connectivity index (χ4v) is 3.78. The molecule has 1 aromatic carbocycles. The molecule has 0 unspecified atom stereocenters. The average molecular weight is 366 g/mol. The van der Waals surface area contributed by atoms with Gasteiger partial charge in [0.1, 0.15) is 0 Å². The standard InChI is InChI=1S/C12H9F3N2O4S2/c13-12(14,15)22-7-1-2-8(10(18)19)9(5-7)17-23(20,21)11(6-16)3-4-11/h1-2,5,17H,3-4H2,(H,18,19). The van der Waals surface area contributed by atoms with Crippen LogP contribution >= 0.6 is 11.8 Å². The molecule has 0 bridgehead atoms. The third-order valence-electron chi connectivity index (χ3n) is 3.12. The van der Waals surface area contributed by atoms with E-state index in [9.17, 15) is 26.4 Å². The first kappa shape index (κ1) is 17.4. The van der Waals surface area contributed by atoms with Crippen molar-refractivity contribution in [2.45, 2.75) is 28.0 Å². The van der Waals surface area contributed by atoms with Crippen LogP contribution in [0.5, 0.6) is 0 Å². The zero-order chi connectivity index (χ0) is 17.5. The van der Waals surface area contributed by atoms with Gasteiger partial charge in [-0.2, -0.15) is 18.4 Å². The number of nitrogens with one attached hydrogen (secondary N) is 1. The minimum absolute atomic E-state index is 0.0816. The Balaban J connectivity index is 2.41. The Labute approximate surface area is 133 Å². The van der Waals surface area contributed by atoms with Crippen molar-refractivity contribution in [2.75, 3.05) is 4.72 Å². The lowest BCUT2D eigenvalue weighted by Gasteiger charge is -2.15. The summed E-state index contributed by atoms with van der Waals surface area (Å²) in [5.74, 6) is -1.51. The van der Waals surface area contributed by atoms with Crippen LogP contribution in [-0.4, -0.2) is 29.7 Å². The van der Waals surface area contributed by atoms with Crippen molar-refractivity contribution < 1.29 is 31.5 Å². The van der Waals surface area contributed by atoms with E-state index in [1.165, 1.54) is 0 Å². The highest BCUT2D eigenvalue weighted by molar-refractivity contribution is 8.00. The van der Waals surface area contributed by atoms with Crippen LogP contribution < -0.4 is 4.72 Å². The summed E-state index contributed by atoms with van der Waals surface area (Å²) in [4.78, 5) is 10.7. The summed E-state index contributed by atoms with van der Waals surface area (Å²) in [6.07, 6.45) is 0.163. The molecule has 11 heteroatoms. The number of thioether (sulfide) groups is 1. The summed E-state index contributed by atoms with van der Waals surface area (Å²) in [5.41, 5.74) is -5.62. The normalized spacial score (nSPS) is 16.4. The van der Waals surface area contributed by atoms with Crippen molar-refractivity contribution in [2.24, 2.45) is 0 Å². The Morgan fingerprint density at radius 3 is 2.43 bits per heavy atom. The summed E-state index contributed by atoms with van der Waals surface area (Å²) >= 11 is -0.503. The first-order valence-corrected chi connectivity index (χ1v) is 8.36. The van der Waals surface area contributed by atoms with Crippen molar-refractivity contribution in [1.29, 1.82) is 5.26 Å². The Hall–Kier alpha value is -1.93. The van der Waals surface area contributed by atoms with Crippen LogP contribution in [0.3, 0.4) is 0 Å². The number of nitriles is 1. The molecule has 23 heavy (non-hydrogen) atoms. The maximum Gasteiger partial charge on any atom is 0.446 e. The second-order valence-electron chi connectivity index (χ2n) is 4.77. The van der Waals surface area contributed by atoms with Crippen molar-refractivity contribution in [3.63, 3.8) is 0 Å². The molecule has 124 valence electrons.